The molecule has 0 fully saturated rings. The number of hydrogen-bond acceptors (Lipinski definition) is 4. The Morgan fingerprint density at radius 2 is 2.00 bits per heavy atom. The van der Waals surface area contributed by atoms with Gasteiger partial charge in [0.05, 0.1) is 25.1 Å². The molecule has 6 heteroatoms. The molecule has 0 bridgehead atoms. The van der Waals surface area contributed by atoms with Crippen LogP contribution in [0.25, 0.3) is 5.65 Å². The molecule has 0 unspecified atom stereocenters. The lowest BCUT2D eigenvalue weighted by Gasteiger charge is -2.10. The van der Waals surface area contributed by atoms with Crippen LogP contribution in [0.1, 0.15) is 16.8 Å². The second-order valence-corrected chi connectivity index (χ2v) is 4.97. The molecule has 3 aromatic rings. The van der Waals surface area contributed by atoms with Gasteiger partial charge in [0, 0.05) is 24.7 Å². The summed E-state index contributed by atoms with van der Waals surface area (Å²) in [5.41, 5.74) is 2.66. The average Bonchev–Trinajstić information content (AvgIpc) is 3.01. The second kappa shape index (κ2) is 6.55. The predicted molar refractivity (Wildman–Crippen MR) is 81.5 cm³/mol. The zero-order valence-electron chi connectivity index (χ0n) is 12.0. The van der Waals surface area contributed by atoms with Gasteiger partial charge in [-0.3, -0.25) is 4.79 Å². The van der Waals surface area contributed by atoms with Crippen molar-refractivity contribution in [2.45, 2.75) is 19.6 Å². The smallest absolute Gasteiger partial charge is 0.277 e. The highest BCUT2D eigenvalue weighted by Crippen LogP contribution is 2.09. The lowest BCUT2D eigenvalue weighted by molar-refractivity contribution is 0.104. The van der Waals surface area contributed by atoms with Gasteiger partial charge in [-0.05, 0) is 5.56 Å². The lowest BCUT2D eigenvalue weighted by Crippen LogP contribution is -2.24. The molecule has 2 aromatic heterocycles. The van der Waals surface area contributed by atoms with Crippen molar-refractivity contribution in [1.82, 2.24) is 14.6 Å². The number of benzene rings is 1. The van der Waals surface area contributed by atoms with Gasteiger partial charge in [-0.25, -0.2) is 0 Å². The molecule has 1 aromatic carbocycles. The van der Waals surface area contributed by atoms with E-state index in [0.29, 0.717) is 23.5 Å². The van der Waals surface area contributed by atoms with E-state index in [1.54, 1.807) is 12.3 Å². The molecule has 2 N–H and O–H groups in total. The van der Waals surface area contributed by atoms with Gasteiger partial charge in [-0.1, -0.05) is 30.3 Å². The summed E-state index contributed by atoms with van der Waals surface area (Å²) < 4.78 is 6.99. The number of hydrogen-bond donors (Lipinski definition) is 2. The Morgan fingerprint density at radius 1 is 1.18 bits per heavy atom. The average molecular weight is 299 g/mol. The molecule has 0 saturated carbocycles. The van der Waals surface area contributed by atoms with E-state index in [4.69, 9.17) is 4.74 Å². The van der Waals surface area contributed by atoms with Crippen LogP contribution in [0, 0.1) is 0 Å². The number of aliphatic hydroxyl groups excluding tert-OH is 1. The maximum atomic E-state index is 12.3. The lowest BCUT2D eigenvalue weighted by atomic mass is 10.1. The monoisotopic (exact) mass is 299 g/mol. The number of aliphatic hydroxyl groups is 1. The van der Waals surface area contributed by atoms with Crippen molar-refractivity contribution in [1.29, 1.82) is 0 Å². The molecule has 0 aliphatic rings. The fourth-order valence-corrected chi connectivity index (χ4v) is 2.38. The first-order chi connectivity index (χ1) is 10.8. The van der Waals surface area contributed by atoms with Gasteiger partial charge in [-0.2, -0.15) is 9.61 Å². The summed E-state index contributed by atoms with van der Waals surface area (Å²) in [6, 6.07) is 11.6. The summed E-state index contributed by atoms with van der Waals surface area (Å²) in [5.74, 6) is 0. The third-order valence-corrected chi connectivity index (χ3v) is 3.46. The zero-order valence-corrected chi connectivity index (χ0v) is 12.0. The van der Waals surface area contributed by atoms with Crippen LogP contribution in [0.5, 0.6) is 0 Å². The fraction of sp³-hybridized carbons (Fsp3) is 0.250. The number of aromatic amines is 1. The van der Waals surface area contributed by atoms with Crippen LogP contribution in [0.3, 0.4) is 0 Å². The topological polar surface area (TPSA) is 79.6 Å². The van der Waals surface area contributed by atoms with Gasteiger partial charge >= 0.3 is 0 Å². The Kier molecular flexibility index (Phi) is 4.32. The van der Waals surface area contributed by atoms with Crippen molar-refractivity contribution in [3.05, 3.63) is 69.8 Å². The van der Waals surface area contributed by atoms with E-state index in [1.807, 2.05) is 30.3 Å². The van der Waals surface area contributed by atoms with Crippen LogP contribution in [-0.4, -0.2) is 26.3 Å². The first-order valence-electron chi connectivity index (χ1n) is 7.10. The highest BCUT2D eigenvalue weighted by atomic mass is 16.5. The molecule has 0 amide bonds. The molecule has 0 atom stereocenters. The van der Waals surface area contributed by atoms with Crippen LogP contribution in [0.2, 0.25) is 0 Å². The summed E-state index contributed by atoms with van der Waals surface area (Å²) in [6.07, 6.45) is 1.83. The molecule has 0 aliphatic heterocycles. The Balaban J connectivity index is 1.82. The molecule has 6 nitrogen and oxygen atoms in total. The molecule has 0 saturated heterocycles. The molecule has 0 aliphatic carbocycles. The molecule has 114 valence electrons. The minimum absolute atomic E-state index is 0.0957. The van der Waals surface area contributed by atoms with E-state index >= 15 is 0 Å². The Bertz CT molecular complexity index is 808. The normalized spacial score (nSPS) is 11.1. The first-order valence-corrected chi connectivity index (χ1v) is 7.10. The number of fused-ring (bicyclic) bond motifs is 1. The number of rotatable bonds is 6. The third kappa shape index (κ3) is 2.93. The standard InChI is InChI=1S/C16H17N3O3/c20-9-7-13-14(11-22-10-12-4-2-1-3-5-12)18-15-6-8-17-19(15)16(13)21/h1-6,8,18,20H,7,9-11H2. The summed E-state index contributed by atoms with van der Waals surface area (Å²) in [6.45, 7) is 0.647. The molecular weight excluding hydrogens is 282 g/mol. The van der Waals surface area contributed by atoms with Gasteiger partial charge in [0.1, 0.15) is 5.65 Å². The van der Waals surface area contributed by atoms with Gasteiger partial charge < -0.3 is 14.8 Å². The summed E-state index contributed by atoms with van der Waals surface area (Å²) in [7, 11) is 0. The highest BCUT2D eigenvalue weighted by Gasteiger charge is 2.12. The number of ether oxygens (including phenoxy) is 1. The van der Waals surface area contributed by atoms with E-state index in [9.17, 15) is 9.90 Å². The van der Waals surface area contributed by atoms with Crippen molar-refractivity contribution in [2.24, 2.45) is 0 Å². The summed E-state index contributed by atoms with van der Waals surface area (Å²) >= 11 is 0. The molecule has 0 spiro atoms. The van der Waals surface area contributed by atoms with Crippen LogP contribution in [0.4, 0.5) is 0 Å². The number of nitrogens with one attached hydrogen (secondary N) is 1. The molecule has 2 heterocycles. The number of aromatic nitrogens is 3. The number of nitrogens with zero attached hydrogens (tertiary/aromatic N) is 2. The van der Waals surface area contributed by atoms with E-state index in [1.165, 1.54) is 4.52 Å². The second-order valence-electron chi connectivity index (χ2n) is 4.97. The Labute approximate surface area is 127 Å². The van der Waals surface area contributed by atoms with E-state index in [-0.39, 0.29) is 25.2 Å². The van der Waals surface area contributed by atoms with Crippen LogP contribution in [-0.2, 0) is 24.4 Å². The van der Waals surface area contributed by atoms with Gasteiger partial charge in [0.15, 0.2) is 0 Å². The summed E-state index contributed by atoms with van der Waals surface area (Å²) in [4.78, 5) is 15.5. The van der Waals surface area contributed by atoms with Crippen LogP contribution in [0.15, 0.2) is 47.4 Å². The van der Waals surface area contributed by atoms with E-state index in [2.05, 4.69) is 10.1 Å². The van der Waals surface area contributed by atoms with E-state index in [0.717, 1.165) is 5.56 Å². The first kappa shape index (κ1) is 14.5. The van der Waals surface area contributed by atoms with Gasteiger partial charge in [0.2, 0.25) is 0 Å². The Hall–Kier alpha value is -2.44. The van der Waals surface area contributed by atoms with E-state index < -0.39 is 0 Å². The molecule has 3 rings (SSSR count). The van der Waals surface area contributed by atoms with Gasteiger partial charge in [0.25, 0.3) is 5.56 Å². The van der Waals surface area contributed by atoms with Gasteiger partial charge in [-0.15, -0.1) is 0 Å². The fourth-order valence-electron chi connectivity index (χ4n) is 2.38. The van der Waals surface area contributed by atoms with Crippen molar-refractivity contribution in [3.63, 3.8) is 0 Å². The van der Waals surface area contributed by atoms with Crippen molar-refractivity contribution < 1.29 is 9.84 Å². The largest absolute Gasteiger partial charge is 0.396 e. The molecular formula is C16H17N3O3. The Morgan fingerprint density at radius 3 is 2.77 bits per heavy atom. The van der Waals surface area contributed by atoms with Crippen LogP contribution < -0.4 is 5.56 Å². The molecule has 22 heavy (non-hydrogen) atoms. The summed E-state index contributed by atoms with van der Waals surface area (Å²) in [5, 5.41) is 13.2. The van der Waals surface area contributed by atoms with Crippen molar-refractivity contribution in [3.8, 4) is 0 Å². The highest BCUT2D eigenvalue weighted by molar-refractivity contribution is 5.39. The number of H-pyrrole nitrogens is 1. The van der Waals surface area contributed by atoms with Crippen molar-refractivity contribution in [2.75, 3.05) is 6.61 Å². The molecule has 0 radical (unpaired) electrons. The third-order valence-electron chi connectivity index (χ3n) is 3.46. The SMILES string of the molecule is O=c1c(CCO)c(COCc2ccccc2)[nH]c2ccnn12. The van der Waals surface area contributed by atoms with Crippen molar-refractivity contribution >= 4 is 5.65 Å². The maximum absolute atomic E-state index is 12.3. The quantitative estimate of drug-likeness (QED) is 0.718. The predicted octanol–water partition coefficient (Wildman–Crippen LogP) is 1.27. The minimum Gasteiger partial charge on any atom is -0.396 e. The minimum atomic E-state index is -0.217. The zero-order chi connectivity index (χ0) is 15.4. The maximum Gasteiger partial charge on any atom is 0.277 e. The van der Waals surface area contributed by atoms with Crippen LogP contribution >= 0.6 is 0 Å².